The fourth-order valence-corrected chi connectivity index (χ4v) is 6.56. The highest BCUT2D eigenvalue weighted by Gasteiger charge is 2.51. The normalized spacial score (nSPS) is 23.0. The molecular weight excluding hydrogens is 547 g/mol. The molecule has 12 heteroatoms. The van der Waals surface area contributed by atoms with Gasteiger partial charge >= 0.3 is 6.18 Å². The van der Waals surface area contributed by atoms with Crippen molar-refractivity contribution in [1.82, 2.24) is 25.1 Å². The molecule has 6 rings (SSSR count). The molecule has 1 amide bonds. The van der Waals surface area contributed by atoms with Crippen LogP contribution in [0.5, 0.6) is 0 Å². The van der Waals surface area contributed by atoms with Gasteiger partial charge in [-0.05, 0) is 86.9 Å². The molecule has 0 atom stereocenters. The van der Waals surface area contributed by atoms with E-state index in [0.717, 1.165) is 30.7 Å². The summed E-state index contributed by atoms with van der Waals surface area (Å²) in [6, 6.07) is 6.51. The quantitative estimate of drug-likeness (QED) is 0.368. The zero-order chi connectivity index (χ0) is 29.9. The molecule has 0 spiro atoms. The first-order valence-corrected chi connectivity index (χ1v) is 14.4. The van der Waals surface area contributed by atoms with Crippen LogP contribution in [0.15, 0.2) is 30.6 Å². The number of anilines is 2. The van der Waals surface area contributed by atoms with Crippen molar-refractivity contribution < 1.29 is 22.7 Å². The number of carbonyl (C=O) groups is 1. The molecule has 1 aliphatic heterocycles. The average molecular weight is 584 g/mol. The number of halogens is 3. The Hall–Kier alpha value is -3.51. The van der Waals surface area contributed by atoms with Gasteiger partial charge < -0.3 is 19.9 Å². The number of hydrogen-bond donors (Lipinski definition) is 2. The zero-order valence-corrected chi connectivity index (χ0v) is 24.3. The first-order valence-electron chi connectivity index (χ1n) is 14.4. The van der Waals surface area contributed by atoms with Crippen LogP contribution in [0.1, 0.15) is 84.4 Å². The lowest BCUT2D eigenvalue weighted by Crippen LogP contribution is -2.48. The molecule has 2 aromatic heterocycles. The first kappa shape index (κ1) is 28.6. The van der Waals surface area contributed by atoms with Crippen molar-refractivity contribution in [2.75, 3.05) is 23.9 Å². The molecule has 9 nitrogen and oxygen atoms in total. The number of alkyl halides is 3. The summed E-state index contributed by atoms with van der Waals surface area (Å²) in [6.45, 7) is 4.64. The summed E-state index contributed by atoms with van der Waals surface area (Å²) in [5, 5.41) is 15.1. The Kier molecular flexibility index (Phi) is 7.04. The third kappa shape index (κ3) is 4.84. The van der Waals surface area contributed by atoms with Crippen LogP contribution in [0.25, 0.3) is 0 Å². The molecule has 2 saturated carbocycles. The van der Waals surface area contributed by atoms with Crippen LogP contribution in [0.4, 0.5) is 24.8 Å². The van der Waals surface area contributed by atoms with Crippen molar-refractivity contribution in [3.63, 3.8) is 0 Å². The van der Waals surface area contributed by atoms with E-state index < -0.39 is 23.1 Å². The third-order valence-corrected chi connectivity index (χ3v) is 9.21. The molecule has 0 bridgehead atoms. The van der Waals surface area contributed by atoms with Gasteiger partial charge in [-0.25, -0.2) is 4.98 Å². The molecule has 3 heterocycles. The number of hydrogen-bond acceptors (Lipinski definition) is 7. The van der Waals surface area contributed by atoms with Gasteiger partial charge in [0.1, 0.15) is 23.8 Å². The van der Waals surface area contributed by atoms with Gasteiger partial charge in [-0.3, -0.25) is 9.69 Å². The largest absolute Gasteiger partial charge is 0.416 e. The van der Waals surface area contributed by atoms with Gasteiger partial charge in [-0.2, -0.15) is 13.2 Å². The molecule has 2 aliphatic carbocycles. The Morgan fingerprint density at radius 1 is 1.17 bits per heavy atom. The van der Waals surface area contributed by atoms with E-state index in [-0.39, 0.29) is 35.9 Å². The van der Waals surface area contributed by atoms with Crippen molar-refractivity contribution in [2.24, 2.45) is 7.05 Å². The van der Waals surface area contributed by atoms with Crippen LogP contribution in [-0.4, -0.2) is 51.0 Å². The van der Waals surface area contributed by atoms with E-state index in [4.69, 9.17) is 4.74 Å². The monoisotopic (exact) mass is 583 g/mol. The first-order chi connectivity index (χ1) is 20.0. The van der Waals surface area contributed by atoms with Crippen LogP contribution in [0.2, 0.25) is 0 Å². The topological polar surface area (TPSA) is 97.2 Å². The van der Waals surface area contributed by atoms with Gasteiger partial charge in [0.25, 0.3) is 5.91 Å². The van der Waals surface area contributed by atoms with E-state index in [1.165, 1.54) is 11.0 Å². The van der Waals surface area contributed by atoms with Crippen molar-refractivity contribution >= 4 is 17.5 Å². The van der Waals surface area contributed by atoms with Gasteiger partial charge in [0.15, 0.2) is 0 Å². The average Bonchev–Trinajstić information content (AvgIpc) is 3.48. The SMILES string of the molecule is CCNc1cc(C2(c3nncn3C)CC(OC)C2)cc(N2Cc3c(cc(CNC4(C)CCC4)cc3C(F)(F)F)C2=O)n1. The highest BCUT2D eigenvalue weighted by atomic mass is 19.4. The minimum Gasteiger partial charge on any atom is -0.381 e. The number of benzene rings is 1. The van der Waals surface area contributed by atoms with Crippen LogP contribution in [-0.2, 0) is 36.5 Å². The summed E-state index contributed by atoms with van der Waals surface area (Å²) in [7, 11) is 3.55. The van der Waals surface area contributed by atoms with E-state index in [2.05, 4.69) is 32.7 Å². The van der Waals surface area contributed by atoms with Crippen LogP contribution < -0.4 is 15.5 Å². The van der Waals surface area contributed by atoms with Crippen molar-refractivity contribution in [3.05, 3.63) is 64.2 Å². The molecule has 0 saturated heterocycles. The number of ether oxygens (including phenoxy) is 1. The number of nitrogens with zero attached hydrogens (tertiary/aromatic N) is 5. The lowest BCUT2D eigenvalue weighted by atomic mass is 9.62. The maximum Gasteiger partial charge on any atom is 0.416 e. The van der Waals surface area contributed by atoms with Gasteiger partial charge in [0.05, 0.1) is 23.6 Å². The Bertz CT molecular complexity index is 1510. The fourth-order valence-electron chi connectivity index (χ4n) is 6.56. The number of nitrogens with one attached hydrogen (secondary N) is 2. The molecule has 2 fully saturated rings. The molecular formula is C30H36F3N7O2. The molecule has 3 aliphatic rings. The third-order valence-electron chi connectivity index (χ3n) is 9.21. The van der Waals surface area contributed by atoms with Crippen LogP contribution in [0, 0.1) is 0 Å². The smallest absolute Gasteiger partial charge is 0.381 e. The Labute approximate surface area is 242 Å². The predicted octanol–water partition coefficient (Wildman–Crippen LogP) is 4.95. The van der Waals surface area contributed by atoms with Crippen LogP contribution in [0.3, 0.4) is 0 Å². The lowest BCUT2D eigenvalue weighted by molar-refractivity contribution is -0.138. The summed E-state index contributed by atoms with van der Waals surface area (Å²) >= 11 is 0. The maximum atomic E-state index is 14.3. The summed E-state index contributed by atoms with van der Waals surface area (Å²) in [5.74, 6) is 1.09. The number of carbonyl (C=O) groups excluding carboxylic acids is 1. The minimum absolute atomic E-state index is 0.0159. The summed E-state index contributed by atoms with van der Waals surface area (Å²) in [4.78, 5) is 19.9. The molecule has 42 heavy (non-hydrogen) atoms. The molecule has 2 N–H and O–H groups in total. The number of methoxy groups -OCH3 is 1. The second-order valence-corrected chi connectivity index (χ2v) is 12.1. The summed E-state index contributed by atoms with van der Waals surface area (Å²) in [6.07, 6.45) is 1.40. The predicted molar refractivity (Wildman–Crippen MR) is 151 cm³/mol. The maximum absolute atomic E-state index is 14.3. The van der Waals surface area contributed by atoms with Gasteiger partial charge in [0.2, 0.25) is 0 Å². The number of aromatic nitrogens is 4. The summed E-state index contributed by atoms with van der Waals surface area (Å²) in [5.41, 5.74) is -0.0448. The number of amides is 1. The standard InChI is InChI=1S/C30H36F3N7O2/c1-5-34-24-11-19(29(13-20(14-29)42-4)27-38-36-17-39(27)3)12-25(37-24)40-16-22-21(26(40)41)9-18(10-23(22)30(31,32)33)15-35-28(2)7-6-8-28/h9-12,17,20,35H,5-8,13-16H2,1-4H3,(H,34,37). The van der Waals surface area contributed by atoms with E-state index in [1.54, 1.807) is 25.6 Å². The second-order valence-electron chi connectivity index (χ2n) is 12.1. The Morgan fingerprint density at radius 3 is 2.52 bits per heavy atom. The fraction of sp³-hybridized carbons (Fsp3) is 0.533. The van der Waals surface area contributed by atoms with E-state index in [9.17, 15) is 18.0 Å². The van der Waals surface area contributed by atoms with Crippen molar-refractivity contribution in [1.29, 1.82) is 0 Å². The van der Waals surface area contributed by atoms with Crippen molar-refractivity contribution in [2.45, 2.75) is 82.3 Å². The van der Waals surface area contributed by atoms with Gasteiger partial charge in [-0.1, -0.05) is 0 Å². The molecule has 224 valence electrons. The molecule has 0 unspecified atom stereocenters. The Balaban J connectivity index is 1.39. The zero-order valence-electron chi connectivity index (χ0n) is 24.3. The Morgan fingerprint density at radius 2 is 1.93 bits per heavy atom. The van der Waals surface area contributed by atoms with E-state index in [0.29, 0.717) is 36.6 Å². The lowest BCUT2D eigenvalue weighted by Gasteiger charge is -2.46. The number of fused-ring (bicyclic) bond motifs is 1. The molecule has 1 aromatic carbocycles. The molecule has 0 radical (unpaired) electrons. The van der Waals surface area contributed by atoms with Crippen molar-refractivity contribution in [3.8, 4) is 0 Å². The van der Waals surface area contributed by atoms with Gasteiger partial charge in [0, 0.05) is 38.3 Å². The highest BCUT2D eigenvalue weighted by Crippen LogP contribution is 2.50. The highest BCUT2D eigenvalue weighted by molar-refractivity contribution is 6.10. The van der Waals surface area contributed by atoms with Gasteiger partial charge in [-0.15, -0.1) is 10.2 Å². The number of pyridine rings is 1. The van der Waals surface area contributed by atoms with E-state index in [1.807, 2.05) is 24.6 Å². The molecule has 3 aromatic rings. The number of rotatable bonds is 9. The number of aryl methyl sites for hydroxylation is 1. The summed E-state index contributed by atoms with van der Waals surface area (Å²) < 4.78 is 50.5. The minimum atomic E-state index is -4.60. The van der Waals surface area contributed by atoms with E-state index >= 15 is 0 Å². The van der Waals surface area contributed by atoms with Crippen LogP contribution >= 0.6 is 0 Å². The second kappa shape index (κ2) is 10.3.